The van der Waals surface area contributed by atoms with E-state index in [4.69, 9.17) is 44.8 Å². The van der Waals surface area contributed by atoms with E-state index in [9.17, 15) is 25.2 Å². The molecule has 0 saturated carbocycles. The zero-order chi connectivity index (χ0) is 96.4. The monoisotopic (exact) mass is 2040 g/mol. The van der Waals surface area contributed by atoms with Crippen LogP contribution in [0.2, 0.25) is 0 Å². The van der Waals surface area contributed by atoms with Crippen molar-refractivity contribution in [3.05, 3.63) is 456 Å². The van der Waals surface area contributed by atoms with Gasteiger partial charge in [-0.15, -0.1) is 172 Å². The Bertz CT molecular complexity index is 5240. The maximum atomic E-state index is 9.87. The molecule has 27 heteroatoms. The molecule has 16 aromatic rings. The average molecular weight is 2050 g/mol. The van der Waals surface area contributed by atoms with Crippen LogP contribution in [0.15, 0.2) is 352 Å². The Morgan fingerprint density at radius 1 is 0.279 bits per heavy atom. The fourth-order valence-electron chi connectivity index (χ4n) is 10.6. The van der Waals surface area contributed by atoms with Gasteiger partial charge in [0.25, 0.3) is 0 Å². The van der Waals surface area contributed by atoms with Gasteiger partial charge in [0, 0.05) is 24.8 Å². The summed E-state index contributed by atoms with van der Waals surface area (Å²) < 4.78 is 93.2. The first-order valence-electron chi connectivity index (χ1n) is 41.0. The minimum Gasteiger partial charge on any atom is -0.366 e. The van der Waals surface area contributed by atoms with E-state index in [2.05, 4.69) is 126 Å². The number of nitrogens with zero attached hydrogens (tertiary/aromatic N) is 11. The number of halogens is 7. The normalized spacial score (nSPS) is 9.87. The Kier molecular flexibility index (Phi) is 61.9. The number of aromatic nitrogens is 8. The van der Waals surface area contributed by atoms with E-state index in [0.717, 1.165) is 147 Å². The van der Waals surface area contributed by atoms with Crippen LogP contribution in [0.25, 0.3) is 105 Å². The molecular formula is C109H104ClF6N11Ni4O4P+. The fourth-order valence-corrected chi connectivity index (χ4v) is 10.6. The molecule has 8 aromatic heterocycles. The summed E-state index contributed by atoms with van der Waals surface area (Å²) in [5.74, 6) is 2.28. The third-order valence-corrected chi connectivity index (χ3v) is 16.2. The predicted molar refractivity (Wildman–Crippen MR) is 514 cm³/mol. The second-order valence-corrected chi connectivity index (χ2v) is 30.3. The Labute approximate surface area is 840 Å². The standard InChI is InChI=1S/4C16H11N2.3C9H9N.C8H5.3C3H8.CH4.ClHO4.F6P.4Ni/c4*1-2-7-13(8-3-1)14-10-6-11-16(18-14)15-9-4-5-12-17-15;3*1-7-5-4-6-8(2)9(7)10-3;1-2-8-6-4-3-5-7-8;3*1-3-2;;2-1(3,4)5;1-7(2,3,4,5)6;;;;/h4*1-7,9-12H;3*4-6H,1-2H3;3-7H;3*3H2,1-2H3;1H4;(H,2,3,4,5);;;;;/q4*-1;;;;-1;;;;;;-1;4*+2/p-1. The van der Waals surface area contributed by atoms with Gasteiger partial charge in [-0.1, -0.05) is 214 Å². The summed E-state index contributed by atoms with van der Waals surface area (Å²) in [6.45, 7) is 45.1. The second-order valence-electron chi connectivity index (χ2n) is 27.6. The summed E-state index contributed by atoms with van der Waals surface area (Å²) in [6.07, 6.45) is 17.5. The molecule has 0 aliphatic carbocycles. The molecule has 0 bridgehead atoms. The fraction of sp³-hybridized carbons (Fsp3) is 0.147. The molecule has 8 heterocycles. The van der Waals surface area contributed by atoms with E-state index in [1.165, 1.54) is 19.3 Å². The average Bonchev–Trinajstić information content (AvgIpc) is 0.787. The molecule has 0 N–H and O–H groups in total. The van der Waals surface area contributed by atoms with Crippen LogP contribution in [0.3, 0.4) is 0 Å². The molecular weight excluding hydrogens is 1940 g/mol. The summed E-state index contributed by atoms with van der Waals surface area (Å²) in [7, 11) is -15.6. The van der Waals surface area contributed by atoms with Crippen LogP contribution in [0.1, 0.15) is 107 Å². The molecule has 0 radical (unpaired) electrons. The molecule has 0 aliphatic heterocycles. The smallest absolute Gasteiger partial charge is 0.366 e. The van der Waals surface area contributed by atoms with E-state index in [1.54, 1.807) is 24.8 Å². The summed E-state index contributed by atoms with van der Waals surface area (Å²) in [6, 6.07) is 118. The maximum absolute atomic E-state index is 10.7. The maximum Gasteiger partial charge on any atom is 2.00 e. The van der Waals surface area contributed by atoms with Crippen LogP contribution >= 0.6 is 7.81 Å². The summed E-state index contributed by atoms with van der Waals surface area (Å²) in [5.41, 5.74) is 24.3. The third kappa shape index (κ3) is 53.3. The number of hydrogen-bond acceptors (Lipinski definition) is 12. The molecule has 0 spiro atoms. The number of pyridine rings is 8. The van der Waals surface area contributed by atoms with Crippen LogP contribution in [-0.2, 0) is 66.0 Å². The molecule has 8 aromatic carbocycles. The van der Waals surface area contributed by atoms with Gasteiger partial charge in [-0.25, -0.2) is 33.2 Å². The van der Waals surface area contributed by atoms with Gasteiger partial charge in [-0.3, -0.25) is 45.8 Å². The molecule has 0 aliphatic rings. The summed E-state index contributed by atoms with van der Waals surface area (Å²) >= 11 is 0. The molecule has 0 atom stereocenters. The number of hydrogen-bond donors (Lipinski definition) is 0. The third-order valence-electron chi connectivity index (χ3n) is 16.2. The number of para-hydroxylation sites is 3. The first-order valence-corrected chi connectivity index (χ1v) is 44.3. The SMILES string of the molecule is C.CCC.CCC.CCC.F[P-](F)(F)(F)(F)F.[C-]#Cc1ccccc1.[C-]#[N+]c1c(C)cccc1C.[C-]#[N+]c1c(C)cccc1C.[C-]#[N+]c1c(C)cccc1C.[Ni+2].[Ni+2].[Ni+2].[Ni+2].[O-][Cl+3]([O-])([O-])[O-].[c-]1ccccc1-c1cccc(-c2ccccn2)n1.[c-]1ccccc1-c1cccc(-c2ccccn2)n1.[c-]1ccccc1-c1cccc(-c2ccccn2)n1.[c-]1ccccc1-c1cccc(-c2ccccn2)n1. The van der Waals surface area contributed by atoms with Gasteiger partial charge in [0.05, 0.1) is 65.3 Å². The number of benzene rings is 8. The van der Waals surface area contributed by atoms with E-state index in [-0.39, 0.29) is 73.4 Å². The first-order chi connectivity index (χ1) is 62.6. The van der Waals surface area contributed by atoms with Crippen molar-refractivity contribution < 1.29 is 120 Å². The van der Waals surface area contributed by atoms with Gasteiger partial charge in [0.15, 0.2) is 17.1 Å². The van der Waals surface area contributed by atoms with E-state index in [1.807, 2.05) is 369 Å². The van der Waals surface area contributed by atoms with Gasteiger partial charge in [0.1, 0.15) is 0 Å². The predicted octanol–water partition coefficient (Wildman–Crippen LogP) is 28.1. The summed E-state index contributed by atoms with van der Waals surface area (Å²) in [5, 5.41) is 0. The van der Waals surface area contributed by atoms with Gasteiger partial charge in [0.2, 0.25) is 0 Å². The number of rotatable bonds is 8. The van der Waals surface area contributed by atoms with Crippen LogP contribution in [-0.4, -0.2) is 39.9 Å². The van der Waals surface area contributed by atoms with Crippen LogP contribution < -0.4 is 18.6 Å². The second kappa shape index (κ2) is 67.3. The number of aryl methyl sites for hydroxylation is 6. The van der Waals surface area contributed by atoms with E-state index >= 15 is 0 Å². The molecule has 0 saturated heterocycles. The molecule has 136 heavy (non-hydrogen) atoms. The molecule has 712 valence electrons. The zero-order valence-electron chi connectivity index (χ0n) is 76.0. The van der Waals surface area contributed by atoms with Crippen molar-refractivity contribution in [2.45, 2.75) is 110 Å². The largest absolute Gasteiger partial charge is 2.00 e. The molecule has 0 amide bonds. The van der Waals surface area contributed by atoms with E-state index in [0.29, 0.717) is 0 Å². The quantitative estimate of drug-likeness (QED) is 0.0458. The molecule has 0 unspecified atom stereocenters. The summed E-state index contributed by atoms with van der Waals surface area (Å²) in [4.78, 5) is 46.0. The van der Waals surface area contributed by atoms with Gasteiger partial charge in [-0.2, -0.15) is 0 Å². The minimum atomic E-state index is -10.7. The minimum absolute atomic E-state index is 0. The van der Waals surface area contributed by atoms with Crippen molar-refractivity contribution in [3.63, 3.8) is 0 Å². The molecule has 0 fully saturated rings. The zero-order valence-corrected chi connectivity index (χ0v) is 81.6. The van der Waals surface area contributed by atoms with Crippen molar-refractivity contribution in [1.29, 1.82) is 0 Å². The Balaban J connectivity index is 0. The van der Waals surface area contributed by atoms with Gasteiger partial charge in [-0.05, 0) is 170 Å². The van der Waals surface area contributed by atoms with Crippen molar-refractivity contribution in [3.8, 4) is 96.5 Å². The van der Waals surface area contributed by atoms with Crippen LogP contribution in [0.4, 0.5) is 42.2 Å². The first kappa shape index (κ1) is 125. The van der Waals surface area contributed by atoms with Crippen LogP contribution in [0, 0.1) is 108 Å². The Morgan fingerprint density at radius 2 is 0.449 bits per heavy atom. The van der Waals surface area contributed by atoms with Crippen LogP contribution in [0.5, 0.6) is 0 Å². The van der Waals surface area contributed by atoms with Crippen molar-refractivity contribution in [2.75, 3.05) is 0 Å². The Hall–Kier alpha value is -12.9. The van der Waals surface area contributed by atoms with E-state index < -0.39 is 18.1 Å². The molecule has 16 rings (SSSR count). The topological polar surface area (TPSA) is 208 Å². The van der Waals surface area contributed by atoms with Gasteiger partial charge < -0.3 is 6.42 Å². The van der Waals surface area contributed by atoms with Gasteiger partial charge >= 0.3 is 99.0 Å². The molecule has 15 nitrogen and oxygen atoms in total. The van der Waals surface area contributed by atoms with Crippen molar-refractivity contribution in [2.24, 2.45) is 0 Å². The Morgan fingerprint density at radius 3 is 0.596 bits per heavy atom. The van der Waals surface area contributed by atoms with Crippen molar-refractivity contribution >= 4 is 24.9 Å². The van der Waals surface area contributed by atoms with Crippen molar-refractivity contribution in [1.82, 2.24) is 39.9 Å².